The second kappa shape index (κ2) is 13.7. The first-order chi connectivity index (χ1) is 16.8. The lowest BCUT2D eigenvalue weighted by molar-refractivity contribution is -0.126. The molecule has 1 N–H and O–H groups in total. The minimum absolute atomic E-state index is 0.138. The number of ketones is 1. The molecule has 0 radical (unpaired) electrons. The summed E-state index contributed by atoms with van der Waals surface area (Å²) in [7, 11) is 0. The summed E-state index contributed by atoms with van der Waals surface area (Å²) < 4.78 is 22.1. The summed E-state index contributed by atoms with van der Waals surface area (Å²) in [6, 6.07) is 4.96. The second-order valence-corrected chi connectivity index (χ2v) is 7.71. The van der Waals surface area contributed by atoms with Gasteiger partial charge < -0.3 is 24.3 Å². The Labute approximate surface area is 214 Å². The van der Waals surface area contributed by atoms with Gasteiger partial charge in [-0.25, -0.2) is 0 Å². The number of halogens is 2. The first kappa shape index (κ1) is 28.2. The molecule has 1 unspecified atom stereocenters. The van der Waals surface area contributed by atoms with E-state index in [2.05, 4.69) is 15.5 Å². The molecule has 0 spiro atoms. The van der Waals surface area contributed by atoms with Crippen molar-refractivity contribution in [1.29, 1.82) is 0 Å². The van der Waals surface area contributed by atoms with E-state index in [4.69, 9.17) is 42.1 Å². The van der Waals surface area contributed by atoms with Gasteiger partial charge in [-0.1, -0.05) is 23.2 Å². The van der Waals surface area contributed by atoms with Gasteiger partial charge in [-0.2, -0.15) is 10.2 Å². The predicted octanol–water partition coefficient (Wildman–Crippen LogP) is 6.27. The highest BCUT2D eigenvalue weighted by molar-refractivity contribution is 6.36. The Morgan fingerprint density at radius 3 is 2.03 bits per heavy atom. The molecule has 0 aliphatic carbocycles. The monoisotopic (exact) mass is 525 g/mol. The normalized spacial score (nSPS) is 11.7. The zero-order chi connectivity index (χ0) is 26.0. The van der Waals surface area contributed by atoms with E-state index in [9.17, 15) is 9.59 Å². The quantitative estimate of drug-likeness (QED) is 0.244. The van der Waals surface area contributed by atoms with Crippen LogP contribution in [0.5, 0.6) is 23.0 Å². The van der Waals surface area contributed by atoms with Crippen LogP contribution in [0.1, 0.15) is 34.6 Å². The summed E-state index contributed by atoms with van der Waals surface area (Å²) in [6.45, 7) is 9.95. The lowest BCUT2D eigenvalue weighted by atomic mass is 10.2. The van der Waals surface area contributed by atoms with Gasteiger partial charge in [0.15, 0.2) is 5.78 Å². The molecule has 0 saturated carbocycles. The molecule has 2 aromatic rings. The largest absolute Gasteiger partial charge is 0.494 e. The van der Waals surface area contributed by atoms with Crippen LogP contribution in [-0.2, 0) is 9.59 Å². The van der Waals surface area contributed by atoms with Crippen LogP contribution in [0.4, 0.5) is 11.4 Å². The Morgan fingerprint density at radius 2 is 1.43 bits per heavy atom. The Morgan fingerprint density at radius 1 is 0.857 bits per heavy atom. The molecular formula is C24H29Cl2N3O6. The van der Waals surface area contributed by atoms with Crippen molar-refractivity contribution in [1.82, 2.24) is 0 Å². The summed E-state index contributed by atoms with van der Waals surface area (Å²) in [5.74, 6) is 0.195. The van der Waals surface area contributed by atoms with Crippen LogP contribution in [0.15, 0.2) is 34.5 Å². The molecule has 1 atom stereocenters. The molecule has 0 fully saturated rings. The highest BCUT2D eigenvalue weighted by Gasteiger charge is 2.26. The van der Waals surface area contributed by atoms with Crippen molar-refractivity contribution in [2.75, 3.05) is 31.7 Å². The number of hydrogen-bond donors (Lipinski definition) is 1. The fourth-order valence-electron chi connectivity index (χ4n) is 2.97. The maximum atomic E-state index is 13.1. The van der Waals surface area contributed by atoms with E-state index in [1.165, 1.54) is 6.92 Å². The minimum Gasteiger partial charge on any atom is -0.494 e. The minimum atomic E-state index is -1.47. The fourth-order valence-corrected chi connectivity index (χ4v) is 3.43. The van der Waals surface area contributed by atoms with Gasteiger partial charge in [0.25, 0.3) is 5.91 Å². The van der Waals surface area contributed by atoms with E-state index < -0.39 is 17.7 Å². The molecule has 2 rings (SSSR count). The number of hydrogen-bond acceptors (Lipinski definition) is 8. The molecule has 11 heteroatoms. The number of ether oxygens (including phenoxy) is 4. The third kappa shape index (κ3) is 7.47. The third-order valence-corrected chi connectivity index (χ3v) is 5.19. The van der Waals surface area contributed by atoms with E-state index in [0.29, 0.717) is 49.4 Å². The number of nitrogens with zero attached hydrogens (tertiary/aromatic N) is 2. The first-order valence-electron chi connectivity index (χ1n) is 11.2. The number of carbonyl (C=O) groups is 2. The number of rotatable bonds is 13. The van der Waals surface area contributed by atoms with Crippen molar-refractivity contribution < 1.29 is 28.5 Å². The smallest absolute Gasteiger partial charge is 0.258 e. The molecule has 190 valence electrons. The highest BCUT2D eigenvalue weighted by atomic mass is 35.5. The maximum Gasteiger partial charge on any atom is 0.258 e. The van der Waals surface area contributed by atoms with Crippen LogP contribution in [-0.4, -0.2) is 44.2 Å². The van der Waals surface area contributed by atoms with Crippen LogP contribution < -0.4 is 24.3 Å². The average molecular weight is 526 g/mol. The standard InChI is InChI=1S/C24H29Cl2N3O6/c1-6-32-15-12-16(20(25)19(13-15)35-9-4)28-29-22(14(5)30)24(31)27-23-18(34-8-3)11-10-17(21(23)26)33-7-2/h10-13,22H,6-9H2,1-5H3,(H,27,31). The summed E-state index contributed by atoms with van der Waals surface area (Å²) in [6.07, 6.45) is 0. The summed E-state index contributed by atoms with van der Waals surface area (Å²) in [4.78, 5) is 25.4. The lowest BCUT2D eigenvalue weighted by Crippen LogP contribution is -2.32. The Hall–Kier alpha value is -3.04. The van der Waals surface area contributed by atoms with Gasteiger partial charge in [0, 0.05) is 12.1 Å². The van der Waals surface area contributed by atoms with Crippen molar-refractivity contribution in [2.45, 2.75) is 40.7 Å². The number of amides is 1. The zero-order valence-corrected chi connectivity index (χ0v) is 21.8. The number of azo groups is 1. The lowest BCUT2D eigenvalue weighted by Gasteiger charge is -2.17. The van der Waals surface area contributed by atoms with Gasteiger partial charge >= 0.3 is 0 Å². The van der Waals surface area contributed by atoms with E-state index in [-0.39, 0.29) is 21.4 Å². The van der Waals surface area contributed by atoms with Gasteiger partial charge in [0.1, 0.15) is 44.4 Å². The molecule has 0 aliphatic rings. The predicted molar refractivity (Wildman–Crippen MR) is 135 cm³/mol. The highest BCUT2D eigenvalue weighted by Crippen LogP contribution is 2.41. The number of anilines is 1. The molecule has 35 heavy (non-hydrogen) atoms. The van der Waals surface area contributed by atoms with Crippen molar-refractivity contribution in [2.24, 2.45) is 10.2 Å². The van der Waals surface area contributed by atoms with Crippen LogP contribution in [0.25, 0.3) is 0 Å². The van der Waals surface area contributed by atoms with E-state index >= 15 is 0 Å². The fraction of sp³-hybridized carbons (Fsp3) is 0.417. The maximum absolute atomic E-state index is 13.1. The SMILES string of the molecule is CCOc1cc(N=NC(C(C)=O)C(=O)Nc2c(OCC)ccc(OCC)c2Cl)c(Cl)c(OCC)c1. The van der Waals surface area contributed by atoms with Crippen LogP contribution in [0, 0.1) is 0 Å². The molecule has 0 bridgehead atoms. The zero-order valence-electron chi connectivity index (χ0n) is 20.3. The van der Waals surface area contributed by atoms with Crippen molar-refractivity contribution in [3.63, 3.8) is 0 Å². The number of benzene rings is 2. The summed E-state index contributed by atoms with van der Waals surface area (Å²) in [5, 5.41) is 11.0. The van der Waals surface area contributed by atoms with Crippen molar-refractivity contribution in [3.05, 3.63) is 34.3 Å². The molecular weight excluding hydrogens is 497 g/mol. The molecule has 0 heterocycles. The van der Waals surface area contributed by atoms with Crippen LogP contribution in [0.3, 0.4) is 0 Å². The van der Waals surface area contributed by atoms with Gasteiger partial charge in [0.05, 0.1) is 26.4 Å². The Balaban J connectivity index is 2.40. The number of Topliss-reactive ketones (excluding diaryl/α,β-unsaturated/α-hetero) is 1. The average Bonchev–Trinajstić information content (AvgIpc) is 2.81. The van der Waals surface area contributed by atoms with E-state index in [1.807, 2.05) is 13.8 Å². The Kier molecular flexibility index (Phi) is 11.1. The van der Waals surface area contributed by atoms with Crippen LogP contribution in [0.2, 0.25) is 10.0 Å². The number of nitrogens with one attached hydrogen (secondary N) is 1. The number of carbonyl (C=O) groups excluding carboxylic acids is 2. The summed E-state index contributed by atoms with van der Waals surface area (Å²) in [5.41, 5.74) is 0.354. The van der Waals surface area contributed by atoms with Gasteiger partial charge in [-0.3, -0.25) is 9.59 Å². The molecule has 0 aromatic heterocycles. The van der Waals surface area contributed by atoms with Gasteiger partial charge in [-0.05, 0) is 46.8 Å². The third-order valence-electron chi connectivity index (χ3n) is 4.43. The topological polar surface area (TPSA) is 108 Å². The molecule has 9 nitrogen and oxygen atoms in total. The molecule has 0 saturated heterocycles. The van der Waals surface area contributed by atoms with Gasteiger partial charge in [0.2, 0.25) is 6.04 Å². The van der Waals surface area contributed by atoms with Crippen molar-refractivity contribution >= 4 is 46.3 Å². The molecule has 0 aliphatic heterocycles. The van der Waals surface area contributed by atoms with Crippen LogP contribution >= 0.6 is 23.2 Å². The second-order valence-electron chi connectivity index (χ2n) is 6.96. The summed E-state index contributed by atoms with van der Waals surface area (Å²) >= 11 is 12.8. The first-order valence-corrected chi connectivity index (χ1v) is 11.9. The molecule has 1 amide bonds. The van der Waals surface area contributed by atoms with Crippen molar-refractivity contribution in [3.8, 4) is 23.0 Å². The molecule has 2 aromatic carbocycles. The Bertz CT molecular complexity index is 1080. The van der Waals surface area contributed by atoms with E-state index in [1.54, 1.807) is 38.1 Å². The van der Waals surface area contributed by atoms with E-state index in [0.717, 1.165) is 0 Å². The van der Waals surface area contributed by atoms with Gasteiger partial charge in [-0.15, -0.1) is 0 Å².